The van der Waals surface area contributed by atoms with Gasteiger partial charge in [-0.15, -0.1) is 0 Å². The highest BCUT2D eigenvalue weighted by Crippen LogP contribution is 2.47. The van der Waals surface area contributed by atoms with Crippen molar-refractivity contribution in [3.63, 3.8) is 0 Å². The van der Waals surface area contributed by atoms with Crippen molar-refractivity contribution in [2.24, 2.45) is 16.2 Å². The van der Waals surface area contributed by atoms with E-state index in [0.29, 0.717) is 0 Å². The highest BCUT2D eigenvalue weighted by molar-refractivity contribution is 5.77. The second-order valence-corrected chi connectivity index (χ2v) is 8.08. The molecule has 0 radical (unpaired) electrons. The Morgan fingerprint density at radius 2 is 1.57 bits per heavy atom. The Morgan fingerprint density at radius 3 is 1.90 bits per heavy atom. The minimum absolute atomic E-state index is 0.0548. The number of hydrogen-bond acceptors (Lipinski definition) is 2. The average Bonchev–Trinajstić information content (AvgIpc) is 2.30. The molecule has 0 rings (SSSR count). The van der Waals surface area contributed by atoms with E-state index in [1.54, 1.807) is 18.2 Å². The van der Waals surface area contributed by atoms with Crippen molar-refractivity contribution in [1.82, 2.24) is 0 Å². The normalized spacial score (nSPS) is 16.0. The predicted octanol–water partition coefficient (Wildman–Crippen LogP) is 5.32. The van der Waals surface area contributed by atoms with Crippen LogP contribution in [0.25, 0.3) is 0 Å². The van der Waals surface area contributed by atoms with Crippen LogP contribution in [0.3, 0.4) is 0 Å². The van der Waals surface area contributed by atoms with Crippen molar-refractivity contribution in [3.05, 3.63) is 37.0 Å². The molecule has 0 saturated heterocycles. The molecule has 0 aromatic heterocycles. The van der Waals surface area contributed by atoms with Gasteiger partial charge in [0.05, 0.1) is 5.41 Å². The highest BCUT2D eigenvalue weighted by Gasteiger charge is 2.47. The van der Waals surface area contributed by atoms with Gasteiger partial charge in [0, 0.05) is 0 Å². The number of allylic oxidation sites excluding steroid dienone is 2. The fourth-order valence-electron chi connectivity index (χ4n) is 2.34. The first-order valence-electron chi connectivity index (χ1n) is 7.48. The van der Waals surface area contributed by atoms with Gasteiger partial charge in [-0.2, -0.15) is 0 Å². The van der Waals surface area contributed by atoms with Crippen LogP contribution in [0.5, 0.6) is 0 Å². The average molecular weight is 292 g/mol. The van der Waals surface area contributed by atoms with Crippen molar-refractivity contribution in [2.75, 3.05) is 6.61 Å². The summed E-state index contributed by atoms with van der Waals surface area (Å²) in [5, 5.41) is 0. The fourth-order valence-corrected chi connectivity index (χ4v) is 2.34. The first kappa shape index (κ1) is 19.7. The van der Waals surface area contributed by atoms with Gasteiger partial charge < -0.3 is 4.74 Å². The lowest BCUT2D eigenvalue weighted by Gasteiger charge is -2.43. The monoisotopic (exact) mass is 292 g/mol. The SMILES string of the molecule is C=C/C=C(\C=C)COC(=O)C(C)(CC(C)(C)C)C(C)(C)C. The fraction of sp³-hybridized carbons (Fsp3) is 0.632. The van der Waals surface area contributed by atoms with E-state index in [1.165, 1.54) is 0 Å². The third-order valence-corrected chi connectivity index (χ3v) is 3.95. The van der Waals surface area contributed by atoms with Crippen LogP contribution in [0.2, 0.25) is 0 Å². The molecule has 0 saturated carbocycles. The largest absolute Gasteiger partial charge is 0.460 e. The molecule has 0 aromatic rings. The quantitative estimate of drug-likeness (QED) is 0.489. The number of ether oxygens (including phenoxy) is 1. The van der Waals surface area contributed by atoms with Gasteiger partial charge in [0.15, 0.2) is 0 Å². The lowest BCUT2D eigenvalue weighted by Crippen LogP contribution is -2.44. The molecule has 2 nitrogen and oxygen atoms in total. The molecule has 0 aliphatic carbocycles. The van der Waals surface area contributed by atoms with E-state index in [9.17, 15) is 4.79 Å². The summed E-state index contributed by atoms with van der Waals surface area (Å²) in [4.78, 5) is 12.7. The number of carbonyl (C=O) groups is 1. The summed E-state index contributed by atoms with van der Waals surface area (Å²) < 4.78 is 5.56. The number of hydrogen-bond donors (Lipinski definition) is 0. The standard InChI is InChI=1S/C19H32O2/c1-10-12-15(11-2)13-21-16(20)19(9,18(6,7)8)14-17(3,4)5/h10-12H,1-2,13-14H2,3-9H3/b15-12+. The highest BCUT2D eigenvalue weighted by atomic mass is 16.5. The summed E-state index contributed by atoms with van der Waals surface area (Å²) in [5.74, 6) is -0.151. The lowest BCUT2D eigenvalue weighted by molar-refractivity contribution is -0.163. The van der Waals surface area contributed by atoms with E-state index < -0.39 is 5.41 Å². The van der Waals surface area contributed by atoms with Gasteiger partial charge in [-0.3, -0.25) is 4.79 Å². The summed E-state index contributed by atoms with van der Waals surface area (Å²) >= 11 is 0. The van der Waals surface area contributed by atoms with Gasteiger partial charge in [-0.1, -0.05) is 72.9 Å². The summed E-state index contributed by atoms with van der Waals surface area (Å²) in [6, 6.07) is 0. The molecule has 2 heteroatoms. The summed E-state index contributed by atoms with van der Waals surface area (Å²) in [7, 11) is 0. The van der Waals surface area contributed by atoms with Crippen molar-refractivity contribution >= 4 is 5.97 Å². The van der Waals surface area contributed by atoms with Gasteiger partial charge >= 0.3 is 5.97 Å². The second kappa shape index (κ2) is 7.11. The van der Waals surface area contributed by atoms with Gasteiger partial charge in [-0.25, -0.2) is 0 Å². The second-order valence-electron chi connectivity index (χ2n) is 8.08. The van der Waals surface area contributed by atoms with E-state index in [0.717, 1.165) is 12.0 Å². The van der Waals surface area contributed by atoms with E-state index in [1.807, 2.05) is 6.92 Å². The Hall–Kier alpha value is -1.31. The van der Waals surface area contributed by atoms with Crippen molar-refractivity contribution in [2.45, 2.75) is 54.9 Å². The van der Waals surface area contributed by atoms with Crippen LogP contribution in [0.1, 0.15) is 54.9 Å². The van der Waals surface area contributed by atoms with E-state index >= 15 is 0 Å². The molecule has 0 aliphatic rings. The zero-order valence-corrected chi connectivity index (χ0v) is 14.9. The molecule has 0 N–H and O–H groups in total. The minimum Gasteiger partial charge on any atom is -0.460 e. The summed E-state index contributed by atoms with van der Waals surface area (Å²) in [6.07, 6.45) is 5.94. The molecule has 0 aromatic carbocycles. The molecule has 1 atom stereocenters. The molecular weight excluding hydrogens is 260 g/mol. The molecule has 0 bridgehead atoms. The Bertz CT molecular complexity index is 416. The van der Waals surface area contributed by atoms with Crippen LogP contribution in [0, 0.1) is 16.2 Å². The van der Waals surface area contributed by atoms with Crippen LogP contribution in [-0.4, -0.2) is 12.6 Å². The Kier molecular flexibility index (Phi) is 6.66. The van der Waals surface area contributed by atoms with Crippen LogP contribution in [0.4, 0.5) is 0 Å². The van der Waals surface area contributed by atoms with E-state index in [-0.39, 0.29) is 23.4 Å². The van der Waals surface area contributed by atoms with Crippen molar-refractivity contribution in [1.29, 1.82) is 0 Å². The predicted molar refractivity (Wildman–Crippen MR) is 91.1 cm³/mol. The van der Waals surface area contributed by atoms with Crippen LogP contribution < -0.4 is 0 Å². The minimum atomic E-state index is -0.536. The van der Waals surface area contributed by atoms with Crippen LogP contribution >= 0.6 is 0 Å². The Balaban J connectivity index is 5.20. The molecule has 0 aliphatic heterocycles. The molecule has 120 valence electrons. The van der Waals surface area contributed by atoms with E-state index in [2.05, 4.69) is 54.7 Å². The smallest absolute Gasteiger partial charge is 0.312 e. The summed E-state index contributed by atoms with van der Waals surface area (Å²) in [6.45, 7) is 22.3. The topological polar surface area (TPSA) is 26.3 Å². The van der Waals surface area contributed by atoms with E-state index in [4.69, 9.17) is 4.74 Å². The Morgan fingerprint density at radius 1 is 1.05 bits per heavy atom. The molecular formula is C19H32O2. The molecule has 21 heavy (non-hydrogen) atoms. The van der Waals surface area contributed by atoms with Gasteiger partial charge in [0.1, 0.15) is 6.61 Å². The van der Waals surface area contributed by atoms with Crippen molar-refractivity contribution in [3.8, 4) is 0 Å². The van der Waals surface area contributed by atoms with Crippen LogP contribution in [-0.2, 0) is 9.53 Å². The number of esters is 1. The molecule has 0 heterocycles. The maximum Gasteiger partial charge on any atom is 0.312 e. The zero-order valence-electron chi connectivity index (χ0n) is 14.9. The number of carbonyl (C=O) groups excluding carboxylic acids is 1. The molecule has 0 spiro atoms. The maximum atomic E-state index is 12.7. The van der Waals surface area contributed by atoms with Gasteiger partial charge in [0.2, 0.25) is 0 Å². The summed E-state index contributed by atoms with van der Waals surface area (Å²) in [5.41, 5.74) is 0.198. The lowest BCUT2D eigenvalue weighted by atomic mass is 9.61. The third-order valence-electron chi connectivity index (χ3n) is 3.95. The first-order chi connectivity index (χ1) is 9.37. The first-order valence-corrected chi connectivity index (χ1v) is 7.48. The third kappa shape index (κ3) is 5.91. The molecule has 0 fully saturated rings. The Labute approximate surface area is 131 Å². The van der Waals surface area contributed by atoms with Gasteiger partial charge in [0.25, 0.3) is 0 Å². The van der Waals surface area contributed by atoms with Gasteiger partial charge in [-0.05, 0) is 29.7 Å². The maximum absolute atomic E-state index is 12.7. The van der Waals surface area contributed by atoms with Crippen LogP contribution in [0.15, 0.2) is 37.0 Å². The number of rotatable bonds is 6. The molecule has 1 unspecified atom stereocenters. The molecule has 0 amide bonds. The zero-order chi connectivity index (χ0) is 16.9. The van der Waals surface area contributed by atoms with Crippen molar-refractivity contribution < 1.29 is 9.53 Å².